The minimum atomic E-state index is -0.616. The van der Waals surface area contributed by atoms with Crippen LogP contribution in [0, 0.1) is 6.92 Å². The van der Waals surface area contributed by atoms with Crippen LogP contribution in [0.2, 0.25) is 5.02 Å². The highest BCUT2D eigenvalue weighted by atomic mass is 35.5. The molecular weight excluding hydrogens is 314 g/mol. The van der Waals surface area contributed by atoms with Crippen molar-refractivity contribution in [2.75, 3.05) is 6.54 Å². The van der Waals surface area contributed by atoms with Gasteiger partial charge in [-0.1, -0.05) is 23.7 Å². The monoisotopic (exact) mass is 331 g/mol. The molecule has 0 radical (unpaired) electrons. The standard InChI is InChI=1S/C17H18ClN3O2/c1-11-5-6-16(23-11)17-13(9-20-21-17)8-19-10-15(22)12-3-2-4-14(18)7-12/h2-7,9,15,19,22H,8,10H2,1H3,(H,20,21). The first-order valence-corrected chi connectivity index (χ1v) is 7.74. The van der Waals surface area contributed by atoms with E-state index in [1.54, 1.807) is 18.3 Å². The van der Waals surface area contributed by atoms with Crippen molar-refractivity contribution >= 4 is 11.6 Å². The van der Waals surface area contributed by atoms with Crippen molar-refractivity contribution in [2.45, 2.75) is 19.6 Å². The molecule has 23 heavy (non-hydrogen) atoms. The normalized spacial score (nSPS) is 12.5. The number of benzene rings is 1. The van der Waals surface area contributed by atoms with E-state index < -0.39 is 6.10 Å². The second kappa shape index (κ2) is 7.00. The Hall–Kier alpha value is -2.08. The summed E-state index contributed by atoms with van der Waals surface area (Å²) in [5.41, 5.74) is 2.62. The van der Waals surface area contributed by atoms with Gasteiger partial charge in [-0.05, 0) is 36.8 Å². The molecule has 0 spiro atoms. The number of aromatic amines is 1. The SMILES string of the molecule is Cc1ccc(-c2[nH]ncc2CNCC(O)c2cccc(Cl)c2)o1. The first-order chi connectivity index (χ1) is 11.1. The number of H-pyrrole nitrogens is 1. The van der Waals surface area contributed by atoms with Crippen molar-refractivity contribution in [3.8, 4) is 11.5 Å². The first kappa shape index (κ1) is 15.8. The lowest BCUT2D eigenvalue weighted by Gasteiger charge is -2.12. The van der Waals surface area contributed by atoms with Gasteiger partial charge in [-0.2, -0.15) is 5.10 Å². The molecule has 6 heteroatoms. The van der Waals surface area contributed by atoms with Crippen molar-refractivity contribution in [3.63, 3.8) is 0 Å². The van der Waals surface area contributed by atoms with Gasteiger partial charge >= 0.3 is 0 Å². The molecule has 1 atom stereocenters. The molecule has 1 unspecified atom stereocenters. The molecular formula is C17H18ClN3O2. The molecule has 0 amide bonds. The molecule has 3 N–H and O–H groups in total. The quantitative estimate of drug-likeness (QED) is 0.646. The minimum Gasteiger partial charge on any atom is -0.460 e. The number of aryl methyl sites for hydroxylation is 1. The van der Waals surface area contributed by atoms with E-state index in [2.05, 4.69) is 15.5 Å². The van der Waals surface area contributed by atoms with Crippen LogP contribution >= 0.6 is 11.6 Å². The van der Waals surface area contributed by atoms with Crippen molar-refractivity contribution < 1.29 is 9.52 Å². The number of rotatable bonds is 6. The summed E-state index contributed by atoms with van der Waals surface area (Å²) in [5, 5.41) is 21.1. The van der Waals surface area contributed by atoms with Gasteiger partial charge in [0, 0.05) is 23.7 Å². The third-order valence-electron chi connectivity index (χ3n) is 3.59. The molecule has 0 saturated carbocycles. The number of hydrogen-bond donors (Lipinski definition) is 3. The van der Waals surface area contributed by atoms with Gasteiger partial charge in [0.1, 0.15) is 11.5 Å². The van der Waals surface area contributed by atoms with Crippen LogP contribution < -0.4 is 5.32 Å². The molecule has 0 saturated heterocycles. The van der Waals surface area contributed by atoms with Gasteiger partial charge in [-0.3, -0.25) is 5.10 Å². The number of aliphatic hydroxyl groups excluding tert-OH is 1. The molecule has 0 aliphatic rings. The lowest BCUT2D eigenvalue weighted by atomic mass is 10.1. The Kier molecular flexibility index (Phi) is 4.81. The van der Waals surface area contributed by atoms with E-state index in [0.29, 0.717) is 18.1 Å². The maximum atomic E-state index is 10.2. The molecule has 3 rings (SSSR count). The van der Waals surface area contributed by atoms with Crippen LogP contribution in [0.3, 0.4) is 0 Å². The second-order valence-corrected chi connectivity index (χ2v) is 5.82. The van der Waals surface area contributed by atoms with E-state index in [0.717, 1.165) is 28.3 Å². The van der Waals surface area contributed by atoms with Gasteiger partial charge in [0.2, 0.25) is 0 Å². The Bertz CT molecular complexity index is 782. The van der Waals surface area contributed by atoms with E-state index in [-0.39, 0.29) is 0 Å². The summed E-state index contributed by atoms with van der Waals surface area (Å²) < 4.78 is 5.62. The number of aromatic nitrogens is 2. The van der Waals surface area contributed by atoms with Gasteiger partial charge < -0.3 is 14.8 Å². The van der Waals surface area contributed by atoms with Gasteiger partial charge in [0.05, 0.1) is 12.3 Å². The molecule has 0 aliphatic heterocycles. The van der Waals surface area contributed by atoms with Crippen LogP contribution in [0.5, 0.6) is 0 Å². The molecule has 0 aliphatic carbocycles. The predicted molar refractivity (Wildman–Crippen MR) is 89.1 cm³/mol. The molecule has 0 bridgehead atoms. The fraction of sp³-hybridized carbons (Fsp3) is 0.235. The van der Waals surface area contributed by atoms with Gasteiger partial charge in [0.25, 0.3) is 0 Å². The summed E-state index contributed by atoms with van der Waals surface area (Å²) in [4.78, 5) is 0. The number of halogens is 1. The van der Waals surface area contributed by atoms with E-state index >= 15 is 0 Å². The van der Waals surface area contributed by atoms with Crippen LogP contribution in [-0.2, 0) is 6.54 Å². The average Bonchev–Trinajstić information content (AvgIpc) is 3.16. The van der Waals surface area contributed by atoms with Crippen LogP contribution in [0.1, 0.15) is 23.0 Å². The lowest BCUT2D eigenvalue weighted by Crippen LogP contribution is -2.21. The van der Waals surface area contributed by atoms with Crippen LogP contribution in [0.25, 0.3) is 11.5 Å². The molecule has 2 heterocycles. The summed E-state index contributed by atoms with van der Waals surface area (Å²) >= 11 is 5.94. The Morgan fingerprint density at radius 2 is 2.22 bits per heavy atom. The van der Waals surface area contributed by atoms with Crippen LogP contribution in [0.15, 0.2) is 47.0 Å². The molecule has 0 fully saturated rings. The third kappa shape index (κ3) is 3.82. The van der Waals surface area contributed by atoms with Crippen LogP contribution in [0.4, 0.5) is 0 Å². The van der Waals surface area contributed by atoms with Crippen molar-refractivity contribution in [3.05, 3.63) is 64.5 Å². The number of nitrogens with zero attached hydrogens (tertiary/aromatic N) is 1. The van der Waals surface area contributed by atoms with E-state index in [1.807, 2.05) is 31.2 Å². The lowest BCUT2D eigenvalue weighted by molar-refractivity contribution is 0.174. The highest BCUT2D eigenvalue weighted by Gasteiger charge is 2.12. The van der Waals surface area contributed by atoms with E-state index in [4.69, 9.17) is 16.0 Å². The number of aliphatic hydroxyl groups is 1. The Morgan fingerprint density at radius 3 is 2.96 bits per heavy atom. The summed E-state index contributed by atoms with van der Waals surface area (Å²) in [7, 11) is 0. The zero-order chi connectivity index (χ0) is 16.2. The summed E-state index contributed by atoms with van der Waals surface area (Å²) in [6.07, 6.45) is 1.14. The Labute approximate surface area is 139 Å². The maximum absolute atomic E-state index is 10.2. The Balaban J connectivity index is 1.60. The zero-order valence-electron chi connectivity index (χ0n) is 12.7. The van der Waals surface area contributed by atoms with E-state index in [1.165, 1.54) is 0 Å². The number of hydrogen-bond acceptors (Lipinski definition) is 4. The molecule has 2 aromatic heterocycles. The largest absolute Gasteiger partial charge is 0.460 e. The maximum Gasteiger partial charge on any atom is 0.152 e. The Morgan fingerprint density at radius 1 is 1.35 bits per heavy atom. The van der Waals surface area contributed by atoms with Crippen molar-refractivity contribution in [2.24, 2.45) is 0 Å². The fourth-order valence-corrected chi connectivity index (χ4v) is 2.60. The highest BCUT2D eigenvalue weighted by molar-refractivity contribution is 6.30. The minimum absolute atomic E-state index is 0.419. The van der Waals surface area contributed by atoms with E-state index in [9.17, 15) is 5.11 Å². The summed E-state index contributed by atoms with van der Waals surface area (Å²) in [5.74, 6) is 1.61. The highest BCUT2D eigenvalue weighted by Crippen LogP contribution is 2.23. The van der Waals surface area contributed by atoms with Gasteiger partial charge in [0.15, 0.2) is 5.76 Å². The van der Waals surface area contributed by atoms with Crippen LogP contribution in [-0.4, -0.2) is 21.8 Å². The number of nitrogens with one attached hydrogen (secondary N) is 2. The smallest absolute Gasteiger partial charge is 0.152 e. The molecule has 120 valence electrons. The second-order valence-electron chi connectivity index (χ2n) is 5.38. The zero-order valence-corrected chi connectivity index (χ0v) is 13.5. The molecule has 5 nitrogen and oxygen atoms in total. The summed E-state index contributed by atoms with van der Waals surface area (Å²) in [6.45, 7) is 2.89. The predicted octanol–water partition coefficient (Wildman–Crippen LogP) is 3.45. The van der Waals surface area contributed by atoms with Gasteiger partial charge in [-0.25, -0.2) is 0 Å². The molecule has 3 aromatic rings. The summed E-state index contributed by atoms with van der Waals surface area (Å²) in [6, 6.07) is 11.1. The molecule has 1 aromatic carbocycles. The topological polar surface area (TPSA) is 74.1 Å². The van der Waals surface area contributed by atoms with Crippen molar-refractivity contribution in [1.29, 1.82) is 0 Å². The number of furan rings is 1. The average molecular weight is 332 g/mol. The van der Waals surface area contributed by atoms with Gasteiger partial charge in [-0.15, -0.1) is 0 Å². The van der Waals surface area contributed by atoms with Crippen molar-refractivity contribution in [1.82, 2.24) is 15.5 Å². The first-order valence-electron chi connectivity index (χ1n) is 7.37. The third-order valence-corrected chi connectivity index (χ3v) is 3.83. The fourth-order valence-electron chi connectivity index (χ4n) is 2.40.